The second-order valence-corrected chi connectivity index (χ2v) is 7.00. The van der Waals surface area contributed by atoms with Gasteiger partial charge >= 0.3 is 0 Å². The molecule has 0 saturated carbocycles. The van der Waals surface area contributed by atoms with Gasteiger partial charge < -0.3 is 10.1 Å². The Hall–Kier alpha value is -2.90. The van der Waals surface area contributed by atoms with Gasteiger partial charge in [-0.15, -0.1) is 0 Å². The highest BCUT2D eigenvalue weighted by atomic mass is 35.5. The van der Waals surface area contributed by atoms with Crippen molar-refractivity contribution in [2.24, 2.45) is 0 Å². The minimum Gasteiger partial charge on any atom is -0.497 e. The quantitative estimate of drug-likeness (QED) is 0.605. The average molecular weight is 414 g/mol. The number of ether oxygens (including phenoxy) is 1. The van der Waals surface area contributed by atoms with Crippen LogP contribution in [0, 0.1) is 0 Å². The summed E-state index contributed by atoms with van der Waals surface area (Å²) in [5.74, 6) is 0.663. The summed E-state index contributed by atoms with van der Waals surface area (Å²) in [4.78, 5) is 18.9. The third-order valence-corrected chi connectivity index (χ3v) is 5.01. The van der Waals surface area contributed by atoms with Crippen molar-refractivity contribution >= 4 is 23.2 Å². The number of carbonyl (C=O) groups excluding carboxylic acids is 1. The molecule has 7 nitrogen and oxygen atoms in total. The summed E-state index contributed by atoms with van der Waals surface area (Å²) < 4.78 is 6.90. The number of anilines is 1. The molecule has 3 aromatic rings. The molecule has 152 valence electrons. The molecule has 0 aliphatic heterocycles. The molecule has 3 rings (SSSR count). The summed E-state index contributed by atoms with van der Waals surface area (Å²) in [7, 11) is 1.65. The van der Waals surface area contributed by atoms with Crippen LogP contribution in [0.2, 0.25) is 5.02 Å². The number of hydrogen-bond acceptors (Lipinski definition) is 5. The maximum atomic E-state index is 12.8. The molecule has 1 N–H and O–H groups in total. The molecule has 1 aromatic heterocycles. The van der Waals surface area contributed by atoms with Crippen molar-refractivity contribution in [2.45, 2.75) is 19.9 Å². The van der Waals surface area contributed by atoms with Crippen LogP contribution < -0.4 is 10.1 Å². The van der Waals surface area contributed by atoms with E-state index in [1.165, 1.54) is 6.33 Å². The summed E-state index contributed by atoms with van der Waals surface area (Å²) in [6.07, 6.45) is 3.01. The van der Waals surface area contributed by atoms with Gasteiger partial charge in [-0.1, -0.05) is 30.7 Å². The first-order valence-electron chi connectivity index (χ1n) is 9.34. The molecule has 8 heteroatoms. The molecular formula is C21H24ClN5O2. The van der Waals surface area contributed by atoms with E-state index in [2.05, 4.69) is 27.2 Å². The van der Waals surface area contributed by atoms with E-state index >= 15 is 0 Å². The number of nitrogens with zero attached hydrogens (tertiary/aromatic N) is 4. The van der Waals surface area contributed by atoms with E-state index in [0.29, 0.717) is 16.4 Å². The first-order chi connectivity index (χ1) is 14.0. The van der Waals surface area contributed by atoms with Crippen molar-refractivity contribution in [1.82, 2.24) is 19.7 Å². The Bertz CT molecular complexity index is 961. The zero-order chi connectivity index (χ0) is 20.8. The molecule has 0 spiro atoms. The highest BCUT2D eigenvalue weighted by Gasteiger charge is 2.19. The molecule has 0 saturated heterocycles. The minimum absolute atomic E-state index is 0.0509. The van der Waals surface area contributed by atoms with Gasteiger partial charge in [0, 0.05) is 11.1 Å². The maximum absolute atomic E-state index is 12.8. The van der Waals surface area contributed by atoms with E-state index in [-0.39, 0.29) is 18.5 Å². The van der Waals surface area contributed by atoms with Crippen LogP contribution in [0.5, 0.6) is 5.75 Å². The van der Waals surface area contributed by atoms with Gasteiger partial charge in [0.15, 0.2) is 0 Å². The van der Waals surface area contributed by atoms with E-state index in [0.717, 1.165) is 17.9 Å². The van der Waals surface area contributed by atoms with Gasteiger partial charge in [-0.05, 0) is 49.4 Å². The van der Waals surface area contributed by atoms with Crippen molar-refractivity contribution in [3.63, 3.8) is 0 Å². The Balaban J connectivity index is 1.75. The number of halogens is 1. The fourth-order valence-electron chi connectivity index (χ4n) is 3.15. The number of methoxy groups -OCH3 is 1. The zero-order valence-corrected chi connectivity index (χ0v) is 17.4. The third kappa shape index (κ3) is 5.13. The third-order valence-electron chi connectivity index (χ3n) is 4.78. The molecule has 0 fully saturated rings. The van der Waals surface area contributed by atoms with Gasteiger partial charge in [0.25, 0.3) is 0 Å². The van der Waals surface area contributed by atoms with E-state index in [4.69, 9.17) is 16.3 Å². The Morgan fingerprint density at radius 1 is 1.31 bits per heavy atom. The Morgan fingerprint density at radius 3 is 2.83 bits per heavy atom. The number of aromatic nitrogens is 3. The fourth-order valence-corrected chi connectivity index (χ4v) is 3.32. The molecule has 2 aromatic carbocycles. The first kappa shape index (κ1) is 20.8. The smallest absolute Gasteiger partial charge is 0.238 e. The van der Waals surface area contributed by atoms with Crippen LogP contribution in [0.4, 0.5) is 5.69 Å². The number of amides is 1. The summed E-state index contributed by atoms with van der Waals surface area (Å²) in [6, 6.07) is 13.2. The Labute approximate surface area is 175 Å². The minimum atomic E-state index is -0.134. The number of likely N-dealkylation sites (N-methyl/N-ethyl adjacent to an activating group) is 1. The summed E-state index contributed by atoms with van der Waals surface area (Å²) in [5, 5.41) is 7.62. The predicted molar refractivity (Wildman–Crippen MR) is 114 cm³/mol. The van der Waals surface area contributed by atoms with Crippen LogP contribution in [0.1, 0.15) is 25.5 Å². The molecular weight excluding hydrogens is 390 g/mol. The summed E-state index contributed by atoms with van der Waals surface area (Å²) >= 11 is 6.13. The molecule has 1 unspecified atom stereocenters. The molecule has 1 amide bonds. The lowest BCUT2D eigenvalue weighted by atomic mass is 10.1. The van der Waals surface area contributed by atoms with Gasteiger partial charge in [-0.3, -0.25) is 9.69 Å². The van der Waals surface area contributed by atoms with Gasteiger partial charge in [-0.2, -0.15) is 5.10 Å². The van der Waals surface area contributed by atoms with Crippen LogP contribution in [-0.4, -0.2) is 45.8 Å². The monoisotopic (exact) mass is 413 g/mol. The molecule has 1 atom stereocenters. The summed E-state index contributed by atoms with van der Waals surface area (Å²) in [5.41, 5.74) is 2.37. The normalized spacial score (nSPS) is 12.0. The molecule has 0 aliphatic carbocycles. The number of carbonyl (C=O) groups is 1. The fraction of sp³-hybridized carbons (Fsp3) is 0.286. The number of benzene rings is 2. The highest BCUT2D eigenvalue weighted by Crippen LogP contribution is 2.26. The van der Waals surface area contributed by atoms with E-state index in [9.17, 15) is 4.79 Å². The SMILES string of the molecule is CCN(CC(=O)Nc1cc(Cl)ccc1-n1cncn1)C(C)c1cccc(OC)c1. The Morgan fingerprint density at radius 2 is 2.14 bits per heavy atom. The van der Waals surface area contributed by atoms with Crippen molar-refractivity contribution < 1.29 is 9.53 Å². The van der Waals surface area contributed by atoms with Gasteiger partial charge in [0.1, 0.15) is 18.4 Å². The number of hydrogen-bond donors (Lipinski definition) is 1. The number of rotatable bonds is 8. The van der Waals surface area contributed by atoms with Crippen LogP contribution in [0.25, 0.3) is 5.69 Å². The first-order valence-corrected chi connectivity index (χ1v) is 9.72. The highest BCUT2D eigenvalue weighted by molar-refractivity contribution is 6.31. The second kappa shape index (κ2) is 9.54. The van der Waals surface area contributed by atoms with E-state index in [1.807, 2.05) is 31.2 Å². The van der Waals surface area contributed by atoms with Crippen molar-refractivity contribution in [3.8, 4) is 11.4 Å². The molecule has 29 heavy (non-hydrogen) atoms. The lowest BCUT2D eigenvalue weighted by Gasteiger charge is -2.28. The van der Waals surface area contributed by atoms with Crippen molar-refractivity contribution in [1.29, 1.82) is 0 Å². The number of nitrogens with one attached hydrogen (secondary N) is 1. The topological polar surface area (TPSA) is 72.3 Å². The van der Waals surface area contributed by atoms with Crippen LogP contribution in [0.3, 0.4) is 0 Å². The maximum Gasteiger partial charge on any atom is 0.238 e. The predicted octanol–water partition coefficient (Wildman–Crippen LogP) is 3.95. The zero-order valence-electron chi connectivity index (χ0n) is 16.7. The van der Waals surface area contributed by atoms with Gasteiger partial charge in [0.2, 0.25) is 5.91 Å². The van der Waals surface area contributed by atoms with Crippen LogP contribution >= 0.6 is 11.6 Å². The largest absolute Gasteiger partial charge is 0.497 e. The lowest BCUT2D eigenvalue weighted by molar-refractivity contribution is -0.117. The van der Waals surface area contributed by atoms with Crippen molar-refractivity contribution in [3.05, 3.63) is 65.7 Å². The van der Waals surface area contributed by atoms with Crippen molar-refractivity contribution in [2.75, 3.05) is 25.5 Å². The average Bonchev–Trinajstić information content (AvgIpc) is 3.26. The second-order valence-electron chi connectivity index (χ2n) is 6.57. The van der Waals surface area contributed by atoms with Crippen LogP contribution in [0.15, 0.2) is 55.1 Å². The summed E-state index contributed by atoms with van der Waals surface area (Å²) in [6.45, 7) is 5.06. The van der Waals surface area contributed by atoms with Gasteiger partial charge in [-0.25, -0.2) is 9.67 Å². The lowest BCUT2D eigenvalue weighted by Crippen LogP contribution is -2.35. The standard InChI is InChI=1S/C21H24ClN5O2/c1-4-26(15(2)16-6-5-7-18(10-16)29-3)12-21(28)25-19-11-17(22)8-9-20(19)27-14-23-13-24-27/h5-11,13-15H,4,12H2,1-3H3,(H,25,28). The van der Waals surface area contributed by atoms with E-state index < -0.39 is 0 Å². The van der Waals surface area contributed by atoms with Gasteiger partial charge in [0.05, 0.1) is 25.0 Å². The van der Waals surface area contributed by atoms with Crippen LogP contribution in [-0.2, 0) is 4.79 Å². The molecule has 0 radical (unpaired) electrons. The van der Waals surface area contributed by atoms with E-state index in [1.54, 1.807) is 36.3 Å². The Kier molecular flexibility index (Phi) is 6.85. The molecule has 0 aliphatic rings. The molecule has 1 heterocycles. The molecule has 0 bridgehead atoms.